The van der Waals surface area contributed by atoms with Crippen molar-refractivity contribution >= 4 is 46.8 Å². The number of likely N-dealkylation sites (tertiary alicyclic amines) is 1. The van der Waals surface area contributed by atoms with Crippen molar-refractivity contribution in [1.82, 2.24) is 24.8 Å². The summed E-state index contributed by atoms with van der Waals surface area (Å²) in [6.45, 7) is 14.0. The van der Waals surface area contributed by atoms with E-state index >= 15 is 0 Å². The van der Waals surface area contributed by atoms with E-state index in [-0.39, 0.29) is 34.9 Å². The van der Waals surface area contributed by atoms with E-state index in [4.69, 9.17) is 25.8 Å². The van der Waals surface area contributed by atoms with Crippen LogP contribution in [0.3, 0.4) is 0 Å². The summed E-state index contributed by atoms with van der Waals surface area (Å²) in [6.07, 6.45) is 1.61. The highest BCUT2D eigenvalue weighted by molar-refractivity contribution is 6.31. The Morgan fingerprint density at radius 1 is 1.05 bits per heavy atom. The van der Waals surface area contributed by atoms with Gasteiger partial charge in [0.1, 0.15) is 22.1 Å². The van der Waals surface area contributed by atoms with E-state index in [1.165, 1.54) is 15.6 Å². The molecule has 1 saturated heterocycles. The molecule has 1 atom stereocenters. The predicted octanol–water partition coefficient (Wildman–Crippen LogP) is 5.91. The Kier molecular flexibility index (Phi) is 9.92. The Bertz CT molecular complexity index is 1490. The maximum absolute atomic E-state index is 13.8. The summed E-state index contributed by atoms with van der Waals surface area (Å²) in [7, 11) is 0. The van der Waals surface area contributed by atoms with Crippen LogP contribution in [0.2, 0.25) is 5.15 Å². The molecule has 3 heterocycles. The maximum atomic E-state index is 13.8. The molecule has 1 aliphatic rings. The Morgan fingerprint density at radius 3 is 2.36 bits per heavy atom. The number of aromatic nitrogens is 3. The van der Waals surface area contributed by atoms with Gasteiger partial charge >= 0.3 is 12.2 Å². The SMILES string of the molecule is CCOc1ccc(N(C(=O)OC(C)(C)C)c2c(CC(=O)N[C@H]3CCCN(C(=O)OC(C)(C)C)C3)c(Cl)nc3ccnn23)cc1. The van der Waals surface area contributed by atoms with Gasteiger partial charge in [-0.2, -0.15) is 9.61 Å². The second-order valence-corrected chi connectivity index (χ2v) is 12.9. The van der Waals surface area contributed by atoms with Crippen LogP contribution in [0.25, 0.3) is 5.65 Å². The number of rotatable bonds is 7. The van der Waals surface area contributed by atoms with Crippen LogP contribution in [-0.4, -0.2) is 74.5 Å². The van der Waals surface area contributed by atoms with Crippen molar-refractivity contribution in [2.75, 3.05) is 24.6 Å². The molecule has 1 aliphatic heterocycles. The molecule has 0 bridgehead atoms. The minimum Gasteiger partial charge on any atom is -0.494 e. The van der Waals surface area contributed by atoms with Crippen molar-refractivity contribution in [1.29, 1.82) is 0 Å². The molecule has 13 heteroatoms. The number of carbonyl (C=O) groups excluding carboxylic acids is 3. The summed E-state index contributed by atoms with van der Waals surface area (Å²) in [5.41, 5.74) is -0.334. The molecular formula is C31H41ClN6O6. The first-order valence-corrected chi connectivity index (χ1v) is 15.1. The fourth-order valence-corrected chi connectivity index (χ4v) is 5.06. The first-order chi connectivity index (χ1) is 20.6. The molecule has 238 valence electrons. The van der Waals surface area contributed by atoms with Gasteiger partial charge in [-0.05, 0) is 85.6 Å². The van der Waals surface area contributed by atoms with Gasteiger partial charge < -0.3 is 24.4 Å². The molecule has 0 aliphatic carbocycles. The Labute approximate surface area is 262 Å². The first kappa shape index (κ1) is 32.8. The van der Waals surface area contributed by atoms with E-state index in [1.54, 1.807) is 56.0 Å². The molecule has 0 unspecified atom stereocenters. The van der Waals surface area contributed by atoms with Crippen molar-refractivity contribution in [3.05, 3.63) is 47.2 Å². The zero-order chi connectivity index (χ0) is 32.2. The number of nitrogens with one attached hydrogen (secondary N) is 1. The van der Waals surface area contributed by atoms with Crippen LogP contribution in [0.4, 0.5) is 21.1 Å². The van der Waals surface area contributed by atoms with Gasteiger partial charge in [-0.1, -0.05) is 11.6 Å². The minimum absolute atomic E-state index is 0.0432. The Hall–Kier alpha value is -4.06. The van der Waals surface area contributed by atoms with Crippen LogP contribution in [0.1, 0.15) is 66.9 Å². The molecule has 3 amide bonds. The van der Waals surface area contributed by atoms with Crippen molar-refractivity contribution in [2.45, 2.75) is 85.0 Å². The second kappa shape index (κ2) is 13.3. The predicted molar refractivity (Wildman–Crippen MR) is 167 cm³/mol. The fourth-order valence-electron chi connectivity index (χ4n) is 4.82. The molecule has 0 radical (unpaired) electrons. The Balaban J connectivity index is 1.68. The van der Waals surface area contributed by atoms with Gasteiger partial charge in [0.05, 0.1) is 24.9 Å². The molecule has 2 aromatic heterocycles. The number of hydrogen-bond donors (Lipinski definition) is 1. The van der Waals surface area contributed by atoms with E-state index in [2.05, 4.69) is 15.4 Å². The minimum atomic E-state index is -0.820. The number of benzene rings is 1. The van der Waals surface area contributed by atoms with Crippen molar-refractivity contribution in [3.63, 3.8) is 0 Å². The second-order valence-electron chi connectivity index (χ2n) is 12.6. The van der Waals surface area contributed by atoms with E-state index in [0.29, 0.717) is 49.6 Å². The number of carbonyl (C=O) groups is 3. The number of anilines is 2. The van der Waals surface area contributed by atoms with Gasteiger partial charge in [0.15, 0.2) is 11.5 Å². The van der Waals surface area contributed by atoms with Gasteiger partial charge in [-0.25, -0.2) is 19.5 Å². The first-order valence-electron chi connectivity index (χ1n) is 14.7. The van der Waals surface area contributed by atoms with Crippen molar-refractivity contribution in [2.24, 2.45) is 0 Å². The Morgan fingerprint density at radius 2 is 1.73 bits per heavy atom. The van der Waals surface area contributed by atoms with Crippen LogP contribution >= 0.6 is 11.6 Å². The van der Waals surface area contributed by atoms with Crippen LogP contribution in [0, 0.1) is 0 Å². The van der Waals surface area contributed by atoms with Crippen LogP contribution in [-0.2, 0) is 20.7 Å². The third kappa shape index (κ3) is 8.31. The number of fused-ring (bicyclic) bond motifs is 1. The fraction of sp³-hybridized carbons (Fsp3) is 0.516. The smallest absolute Gasteiger partial charge is 0.420 e. The van der Waals surface area contributed by atoms with Crippen LogP contribution < -0.4 is 15.0 Å². The maximum Gasteiger partial charge on any atom is 0.420 e. The summed E-state index contributed by atoms with van der Waals surface area (Å²) < 4.78 is 18.4. The molecule has 4 rings (SSSR count). The summed E-state index contributed by atoms with van der Waals surface area (Å²) in [6, 6.07) is 8.28. The molecule has 44 heavy (non-hydrogen) atoms. The molecule has 12 nitrogen and oxygen atoms in total. The zero-order valence-electron chi connectivity index (χ0n) is 26.3. The number of halogens is 1. The topological polar surface area (TPSA) is 128 Å². The molecule has 1 aromatic carbocycles. The zero-order valence-corrected chi connectivity index (χ0v) is 27.1. The lowest BCUT2D eigenvalue weighted by Gasteiger charge is -2.34. The summed E-state index contributed by atoms with van der Waals surface area (Å²) in [5, 5.41) is 7.47. The number of amides is 3. The summed E-state index contributed by atoms with van der Waals surface area (Å²) in [4.78, 5) is 47.4. The highest BCUT2D eigenvalue weighted by Crippen LogP contribution is 2.35. The monoisotopic (exact) mass is 628 g/mol. The third-order valence-corrected chi connectivity index (χ3v) is 6.84. The molecule has 1 N–H and O–H groups in total. The highest BCUT2D eigenvalue weighted by Gasteiger charge is 2.33. The molecule has 0 spiro atoms. The summed E-state index contributed by atoms with van der Waals surface area (Å²) >= 11 is 6.71. The van der Waals surface area contributed by atoms with Gasteiger partial charge in [0, 0.05) is 30.8 Å². The quantitative estimate of drug-likeness (QED) is 0.320. The lowest BCUT2D eigenvalue weighted by atomic mass is 10.1. The van der Waals surface area contributed by atoms with Gasteiger partial charge in [-0.15, -0.1) is 0 Å². The third-order valence-electron chi connectivity index (χ3n) is 6.52. The average Bonchev–Trinajstić information content (AvgIpc) is 3.38. The van der Waals surface area contributed by atoms with E-state index in [9.17, 15) is 14.4 Å². The van der Waals surface area contributed by atoms with Crippen LogP contribution in [0.15, 0.2) is 36.5 Å². The van der Waals surface area contributed by atoms with E-state index in [1.807, 2.05) is 27.7 Å². The lowest BCUT2D eigenvalue weighted by Crippen LogP contribution is -2.51. The number of hydrogen-bond acceptors (Lipinski definition) is 8. The summed E-state index contributed by atoms with van der Waals surface area (Å²) in [5.74, 6) is 0.496. The average molecular weight is 629 g/mol. The van der Waals surface area contributed by atoms with Gasteiger partial charge in [-0.3, -0.25) is 4.79 Å². The van der Waals surface area contributed by atoms with Gasteiger partial charge in [0.25, 0.3) is 0 Å². The number of nitrogens with zero attached hydrogens (tertiary/aromatic N) is 5. The molecule has 0 saturated carbocycles. The standard InChI is InChI=1S/C31H41ClN6O6/c1-8-42-22-13-11-21(12-14-22)37(29(41)44-31(5,6)7)27-23(26(32)35-24-15-16-33-38(24)27)18-25(39)34-20-10-9-17-36(19-20)28(40)43-30(2,3)4/h11-16,20H,8-10,17-19H2,1-7H3,(H,34,39)/t20-/m0/s1. The normalized spacial score (nSPS) is 15.5. The van der Waals surface area contributed by atoms with Gasteiger partial charge in [0.2, 0.25) is 5.91 Å². The van der Waals surface area contributed by atoms with E-state index in [0.717, 1.165) is 0 Å². The van der Waals surface area contributed by atoms with Crippen molar-refractivity contribution < 1.29 is 28.6 Å². The molecular weight excluding hydrogens is 588 g/mol. The van der Waals surface area contributed by atoms with E-state index < -0.39 is 23.4 Å². The lowest BCUT2D eigenvalue weighted by molar-refractivity contribution is -0.121. The number of ether oxygens (including phenoxy) is 3. The highest BCUT2D eigenvalue weighted by atomic mass is 35.5. The number of piperidine rings is 1. The molecule has 3 aromatic rings. The van der Waals surface area contributed by atoms with Crippen molar-refractivity contribution in [3.8, 4) is 5.75 Å². The molecule has 1 fully saturated rings. The largest absolute Gasteiger partial charge is 0.494 e. The van der Waals surface area contributed by atoms with Crippen LogP contribution in [0.5, 0.6) is 5.75 Å².